The molecule has 0 bridgehead atoms. The van der Waals surface area contributed by atoms with Gasteiger partial charge in [-0.1, -0.05) is 42.5 Å². The van der Waals surface area contributed by atoms with Gasteiger partial charge in [0.25, 0.3) is 0 Å². The molecule has 4 aromatic rings. The Labute approximate surface area is 176 Å². The third-order valence-electron chi connectivity index (χ3n) is 4.47. The number of nitrogens with zero attached hydrogens (tertiary/aromatic N) is 2. The lowest BCUT2D eigenvalue weighted by atomic mass is 10.1. The lowest BCUT2D eigenvalue weighted by Crippen LogP contribution is -2.11. The minimum atomic E-state index is -0.485. The lowest BCUT2D eigenvalue weighted by Gasteiger charge is -2.06. The second-order valence-corrected chi connectivity index (χ2v) is 7.54. The number of ether oxygens (including phenoxy) is 1. The Kier molecular flexibility index (Phi) is 5.68. The number of rotatable bonds is 6. The zero-order valence-corrected chi connectivity index (χ0v) is 16.6. The van der Waals surface area contributed by atoms with Crippen LogP contribution in [0.2, 0.25) is 0 Å². The SMILES string of the molecule is N#C/C(=C(/O)COC(=O)CSc1ccc2ccccc2c1)c1nc2ccccc2[nH]1. The number of allylic oxidation sites excluding steroid dienone is 1. The smallest absolute Gasteiger partial charge is 0.316 e. The van der Waals surface area contributed by atoms with Gasteiger partial charge >= 0.3 is 5.97 Å². The van der Waals surface area contributed by atoms with Crippen LogP contribution in [0.3, 0.4) is 0 Å². The Morgan fingerprint density at radius 3 is 2.67 bits per heavy atom. The van der Waals surface area contributed by atoms with Gasteiger partial charge in [0, 0.05) is 4.90 Å². The van der Waals surface area contributed by atoms with Gasteiger partial charge in [0.05, 0.1) is 16.8 Å². The van der Waals surface area contributed by atoms with E-state index in [-0.39, 0.29) is 22.9 Å². The zero-order valence-electron chi connectivity index (χ0n) is 15.8. The first-order chi connectivity index (χ1) is 14.6. The van der Waals surface area contributed by atoms with Crippen molar-refractivity contribution in [1.29, 1.82) is 5.26 Å². The Morgan fingerprint density at radius 1 is 1.10 bits per heavy atom. The maximum Gasteiger partial charge on any atom is 0.316 e. The number of aliphatic hydroxyl groups excluding tert-OH is 1. The van der Waals surface area contributed by atoms with Crippen LogP contribution in [0.1, 0.15) is 5.82 Å². The molecule has 0 aliphatic rings. The van der Waals surface area contributed by atoms with Gasteiger partial charge in [0.15, 0.2) is 11.6 Å². The van der Waals surface area contributed by atoms with E-state index < -0.39 is 12.6 Å². The molecule has 0 aliphatic carbocycles. The first-order valence-corrected chi connectivity index (χ1v) is 10.2. The molecule has 2 N–H and O–H groups in total. The minimum Gasteiger partial charge on any atom is -0.507 e. The molecule has 30 heavy (non-hydrogen) atoms. The van der Waals surface area contributed by atoms with Crippen LogP contribution in [0.25, 0.3) is 27.4 Å². The summed E-state index contributed by atoms with van der Waals surface area (Å²) in [6.07, 6.45) is 0. The molecule has 4 rings (SSSR count). The topological polar surface area (TPSA) is 99.0 Å². The molecule has 0 unspecified atom stereocenters. The summed E-state index contributed by atoms with van der Waals surface area (Å²) in [7, 11) is 0. The van der Waals surface area contributed by atoms with E-state index in [1.807, 2.05) is 66.7 Å². The summed E-state index contributed by atoms with van der Waals surface area (Å²) in [5.41, 5.74) is 1.37. The molecular weight excluding hydrogens is 398 g/mol. The zero-order chi connectivity index (χ0) is 20.9. The van der Waals surface area contributed by atoms with Gasteiger partial charge in [0.1, 0.15) is 18.2 Å². The van der Waals surface area contributed by atoms with Crippen LogP contribution in [0.4, 0.5) is 0 Å². The highest BCUT2D eigenvalue weighted by Gasteiger charge is 2.15. The van der Waals surface area contributed by atoms with Crippen molar-refractivity contribution < 1.29 is 14.6 Å². The number of para-hydroxylation sites is 2. The van der Waals surface area contributed by atoms with Crippen molar-refractivity contribution in [2.75, 3.05) is 12.4 Å². The first-order valence-electron chi connectivity index (χ1n) is 9.18. The van der Waals surface area contributed by atoms with Crippen LogP contribution in [0, 0.1) is 11.3 Å². The number of esters is 1. The van der Waals surface area contributed by atoms with E-state index in [0.717, 1.165) is 21.2 Å². The normalized spacial score (nSPS) is 11.8. The largest absolute Gasteiger partial charge is 0.507 e. The number of nitrogens with one attached hydrogen (secondary N) is 1. The number of H-pyrrole nitrogens is 1. The second-order valence-electron chi connectivity index (χ2n) is 6.49. The average Bonchev–Trinajstić information content (AvgIpc) is 3.20. The third-order valence-corrected chi connectivity index (χ3v) is 5.44. The predicted molar refractivity (Wildman–Crippen MR) is 117 cm³/mol. The number of fused-ring (bicyclic) bond motifs is 2. The molecule has 0 aliphatic heterocycles. The number of hydrogen-bond donors (Lipinski definition) is 2. The highest BCUT2D eigenvalue weighted by molar-refractivity contribution is 8.00. The number of benzene rings is 3. The van der Waals surface area contributed by atoms with Gasteiger partial charge < -0.3 is 14.8 Å². The summed E-state index contributed by atoms with van der Waals surface area (Å²) in [4.78, 5) is 20.3. The quantitative estimate of drug-likeness (QED) is 0.202. The lowest BCUT2D eigenvalue weighted by molar-refractivity contribution is -0.140. The Balaban J connectivity index is 1.38. The number of carbonyl (C=O) groups is 1. The fourth-order valence-electron chi connectivity index (χ4n) is 2.99. The van der Waals surface area contributed by atoms with Crippen molar-refractivity contribution >= 4 is 45.1 Å². The molecule has 7 heteroatoms. The first kappa shape index (κ1) is 19.6. The van der Waals surface area contributed by atoms with Gasteiger partial charge in [0.2, 0.25) is 0 Å². The molecule has 0 radical (unpaired) electrons. The number of carbonyl (C=O) groups excluding carboxylic acids is 1. The van der Waals surface area contributed by atoms with Gasteiger partial charge in [-0.05, 0) is 35.0 Å². The number of imidazole rings is 1. The molecule has 0 saturated carbocycles. The monoisotopic (exact) mass is 415 g/mol. The molecule has 0 spiro atoms. The van der Waals surface area contributed by atoms with Crippen molar-refractivity contribution in [2.24, 2.45) is 0 Å². The van der Waals surface area contributed by atoms with Crippen LogP contribution < -0.4 is 0 Å². The number of hydrogen-bond acceptors (Lipinski definition) is 6. The van der Waals surface area contributed by atoms with E-state index in [1.165, 1.54) is 11.8 Å². The summed E-state index contributed by atoms with van der Waals surface area (Å²) in [6.45, 7) is -0.392. The van der Waals surface area contributed by atoms with Crippen LogP contribution in [0.5, 0.6) is 0 Å². The van der Waals surface area contributed by atoms with E-state index in [0.29, 0.717) is 5.52 Å². The molecule has 0 saturated heterocycles. The van der Waals surface area contributed by atoms with E-state index in [4.69, 9.17) is 4.74 Å². The molecule has 0 fully saturated rings. The number of thioether (sulfide) groups is 1. The Bertz CT molecular complexity index is 1270. The van der Waals surface area contributed by atoms with Gasteiger partial charge in [-0.2, -0.15) is 5.26 Å². The summed E-state index contributed by atoms with van der Waals surface area (Å²) in [5, 5.41) is 21.9. The summed E-state index contributed by atoms with van der Waals surface area (Å²) >= 11 is 1.35. The van der Waals surface area contributed by atoms with Crippen LogP contribution in [-0.2, 0) is 9.53 Å². The summed E-state index contributed by atoms with van der Waals surface area (Å²) in [5.74, 6) is -0.502. The van der Waals surface area contributed by atoms with Gasteiger partial charge in [-0.3, -0.25) is 4.79 Å². The van der Waals surface area contributed by atoms with Crippen LogP contribution >= 0.6 is 11.8 Å². The number of aromatic nitrogens is 2. The van der Waals surface area contributed by atoms with Crippen molar-refractivity contribution in [1.82, 2.24) is 9.97 Å². The molecule has 1 aromatic heterocycles. The average molecular weight is 415 g/mol. The fourth-order valence-corrected chi connectivity index (χ4v) is 3.73. The molecule has 0 atom stereocenters. The van der Waals surface area contributed by atoms with E-state index in [2.05, 4.69) is 9.97 Å². The van der Waals surface area contributed by atoms with Crippen LogP contribution in [0.15, 0.2) is 77.4 Å². The molecule has 1 heterocycles. The Hall–Kier alpha value is -3.76. The molecule has 148 valence electrons. The van der Waals surface area contributed by atoms with E-state index >= 15 is 0 Å². The van der Waals surface area contributed by atoms with E-state index in [9.17, 15) is 15.2 Å². The fraction of sp³-hybridized carbons (Fsp3) is 0.0870. The van der Waals surface area contributed by atoms with Crippen molar-refractivity contribution in [3.05, 3.63) is 78.3 Å². The standard InChI is InChI=1S/C23H17N3O3S/c24-12-18(23-25-19-7-3-4-8-20(19)26-23)21(27)13-29-22(28)14-30-17-10-9-15-5-1-2-6-16(15)11-17/h1-11,27H,13-14H2,(H,25,26)/b21-18-. The minimum absolute atomic E-state index is 0.0545. The van der Waals surface area contributed by atoms with Crippen LogP contribution in [-0.4, -0.2) is 33.4 Å². The molecule has 0 amide bonds. The highest BCUT2D eigenvalue weighted by Crippen LogP contribution is 2.24. The van der Waals surface area contributed by atoms with Crippen molar-refractivity contribution in [2.45, 2.75) is 4.90 Å². The summed E-state index contributed by atoms with van der Waals surface area (Å²) in [6, 6.07) is 23.2. The van der Waals surface area contributed by atoms with Gasteiger partial charge in [-0.25, -0.2) is 4.98 Å². The molecule has 6 nitrogen and oxygen atoms in total. The van der Waals surface area contributed by atoms with E-state index in [1.54, 1.807) is 6.07 Å². The van der Waals surface area contributed by atoms with Gasteiger partial charge in [-0.15, -0.1) is 11.8 Å². The van der Waals surface area contributed by atoms with Crippen molar-refractivity contribution in [3.63, 3.8) is 0 Å². The number of aliphatic hydroxyl groups is 1. The number of aromatic amines is 1. The third kappa shape index (κ3) is 4.29. The predicted octanol–water partition coefficient (Wildman–Crippen LogP) is 4.84. The maximum absolute atomic E-state index is 12.1. The Morgan fingerprint density at radius 2 is 1.87 bits per heavy atom. The molecule has 3 aromatic carbocycles. The van der Waals surface area contributed by atoms with Crippen molar-refractivity contribution in [3.8, 4) is 6.07 Å². The maximum atomic E-state index is 12.1. The summed E-state index contributed by atoms with van der Waals surface area (Å²) < 4.78 is 5.13. The second kappa shape index (κ2) is 8.72. The number of nitriles is 1. The molecular formula is C23H17N3O3S. The highest BCUT2D eigenvalue weighted by atomic mass is 32.2.